The summed E-state index contributed by atoms with van der Waals surface area (Å²) in [6.07, 6.45) is 0.981. The second kappa shape index (κ2) is 11.2. The molecule has 2 amide bonds. The van der Waals surface area contributed by atoms with Gasteiger partial charge in [-0.3, -0.25) is 13.9 Å². The number of anilines is 1. The number of carbonyl (C=O) groups is 2. The van der Waals surface area contributed by atoms with Gasteiger partial charge in [0.25, 0.3) is 0 Å². The molecule has 0 saturated heterocycles. The largest absolute Gasteiger partial charge is 0.355 e. The number of amides is 2. The van der Waals surface area contributed by atoms with Crippen LogP contribution in [0.2, 0.25) is 15.1 Å². The predicted molar refractivity (Wildman–Crippen MR) is 129 cm³/mol. The summed E-state index contributed by atoms with van der Waals surface area (Å²) < 4.78 is 25.9. The van der Waals surface area contributed by atoms with Gasteiger partial charge in [-0.1, -0.05) is 53.0 Å². The molecule has 2 aromatic rings. The maximum Gasteiger partial charge on any atom is 0.244 e. The van der Waals surface area contributed by atoms with E-state index >= 15 is 0 Å². The van der Waals surface area contributed by atoms with E-state index in [0.29, 0.717) is 17.1 Å². The Morgan fingerprint density at radius 3 is 2.25 bits per heavy atom. The van der Waals surface area contributed by atoms with E-state index < -0.39 is 28.5 Å². The molecule has 32 heavy (non-hydrogen) atoms. The van der Waals surface area contributed by atoms with Crippen molar-refractivity contribution in [2.75, 3.05) is 23.7 Å². The summed E-state index contributed by atoms with van der Waals surface area (Å²) in [6.45, 7) is 3.21. The molecule has 0 heterocycles. The second-order valence-corrected chi connectivity index (χ2v) is 10.2. The van der Waals surface area contributed by atoms with Gasteiger partial charge in [0.05, 0.1) is 22.0 Å². The molecule has 0 radical (unpaired) electrons. The maximum absolute atomic E-state index is 13.3. The Morgan fingerprint density at radius 1 is 1.03 bits per heavy atom. The van der Waals surface area contributed by atoms with Gasteiger partial charge in [0.15, 0.2) is 0 Å². The van der Waals surface area contributed by atoms with Crippen molar-refractivity contribution < 1.29 is 18.0 Å². The third-order valence-electron chi connectivity index (χ3n) is 4.69. The number of carbonyl (C=O) groups excluding carboxylic acids is 2. The van der Waals surface area contributed by atoms with Crippen LogP contribution in [0.1, 0.15) is 19.4 Å². The van der Waals surface area contributed by atoms with Crippen molar-refractivity contribution >= 4 is 62.3 Å². The quantitative estimate of drug-likeness (QED) is 0.542. The maximum atomic E-state index is 13.3. The molecule has 0 aliphatic rings. The molecule has 11 heteroatoms. The van der Waals surface area contributed by atoms with Gasteiger partial charge in [-0.2, -0.15) is 0 Å². The van der Waals surface area contributed by atoms with Crippen molar-refractivity contribution in [2.45, 2.75) is 26.4 Å². The second-order valence-electron chi connectivity index (χ2n) is 7.05. The fourth-order valence-electron chi connectivity index (χ4n) is 2.97. The number of rotatable bonds is 9. The number of hydrogen-bond acceptors (Lipinski definition) is 4. The number of halogens is 3. The van der Waals surface area contributed by atoms with E-state index in [4.69, 9.17) is 34.8 Å². The Bertz CT molecular complexity index is 1100. The Balaban J connectivity index is 2.42. The van der Waals surface area contributed by atoms with E-state index in [1.807, 2.05) is 0 Å². The highest BCUT2D eigenvalue weighted by Crippen LogP contribution is 2.28. The Hall–Kier alpha value is -2.00. The molecular formula is C21H24Cl3N3O4S. The van der Waals surface area contributed by atoms with E-state index in [9.17, 15) is 18.0 Å². The van der Waals surface area contributed by atoms with Gasteiger partial charge in [0.1, 0.15) is 12.6 Å². The molecule has 0 saturated carbocycles. The topological polar surface area (TPSA) is 86.8 Å². The summed E-state index contributed by atoms with van der Waals surface area (Å²) in [7, 11) is -3.86. The van der Waals surface area contributed by atoms with Crippen molar-refractivity contribution in [1.82, 2.24) is 10.2 Å². The van der Waals surface area contributed by atoms with E-state index in [2.05, 4.69) is 5.32 Å². The van der Waals surface area contributed by atoms with E-state index in [-0.39, 0.29) is 28.2 Å². The van der Waals surface area contributed by atoms with Crippen LogP contribution in [-0.4, -0.2) is 50.5 Å². The molecule has 0 aromatic heterocycles. The average Bonchev–Trinajstić information content (AvgIpc) is 2.72. The van der Waals surface area contributed by atoms with Gasteiger partial charge >= 0.3 is 0 Å². The van der Waals surface area contributed by atoms with Gasteiger partial charge in [0, 0.05) is 18.1 Å². The molecule has 2 rings (SSSR count). The molecule has 1 atom stereocenters. The Morgan fingerprint density at radius 2 is 1.69 bits per heavy atom. The zero-order chi connectivity index (χ0) is 24.1. The third-order valence-corrected chi connectivity index (χ3v) is 6.94. The molecule has 7 nitrogen and oxygen atoms in total. The van der Waals surface area contributed by atoms with Crippen LogP contribution >= 0.6 is 34.8 Å². The summed E-state index contributed by atoms with van der Waals surface area (Å²) >= 11 is 18.2. The average molecular weight is 521 g/mol. The Kier molecular flexibility index (Phi) is 9.21. The summed E-state index contributed by atoms with van der Waals surface area (Å²) in [5, 5.41) is 3.51. The normalized spacial score (nSPS) is 12.2. The van der Waals surface area contributed by atoms with Crippen molar-refractivity contribution in [3.8, 4) is 0 Å². The van der Waals surface area contributed by atoms with Crippen LogP contribution in [0.15, 0.2) is 42.5 Å². The molecule has 174 valence electrons. The first-order chi connectivity index (χ1) is 15.0. The standard InChI is InChI=1S/C21H24Cl3N3O4S/c1-4-25-21(29)14(2)26(12-15-7-5-6-8-17(15)22)20(28)13-27(32(3,30)31)16-9-10-18(23)19(24)11-16/h5-11,14H,4,12-13H2,1-3H3,(H,25,29)/t14-/m0/s1. The number of likely N-dealkylation sites (N-methyl/N-ethyl adjacent to an activating group) is 1. The molecule has 0 fully saturated rings. The molecule has 0 aliphatic heterocycles. The monoisotopic (exact) mass is 519 g/mol. The van der Waals surface area contributed by atoms with Crippen molar-refractivity contribution in [1.29, 1.82) is 0 Å². The summed E-state index contributed by atoms with van der Waals surface area (Å²) in [6, 6.07) is 10.3. The van der Waals surface area contributed by atoms with E-state index in [0.717, 1.165) is 10.6 Å². The molecular weight excluding hydrogens is 497 g/mol. The van der Waals surface area contributed by atoms with E-state index in [1.165, 1.54) is 23.1 Å². The van der Waals surface area contributed by atoms with Crippen LogP contribution in [0.25, 0.3) is 0 Å². The first-order valence-electron chi connectivity index (χ1n) is 9.69. The lowest BCUT2D eigenvalue weighted by molar-refractivity contribution is -0.139. The van der Waals surface area contributed by atoms with Gasteiger partial charge in [-0.05, 0) is 43.7 Å². The van der Waals surface area contributed by atoms with Crippen LogP contribution in [0.3, 0.4) is 0 Å². The highest BCUT2D eigenvalue weighted by atomic mass is 35.5. The number of nitrogens with one attached hydrogen (secondary N) is 1. The summed E-state index contributed by atoms with van der Waals surface area (Å²) in [5.74, 6) is -0.950. The fraction of sp³-hybridized carbons (Fsp3) is 0.333. The van der Waals surface area contributed by atoms with Crippen LogP contribution in [0.4, 0.5) is 5.69 Å². The van der Waals surface area contributed by atoms with Gasteiger partial charge in [-0.25, -0.2) is 8.42 Å². The molecule has 0 spiro atoms. The third kappa shape index (κ3) is 6.75. The van der Waals surface area contributed by atoms with Crippen LogP contribution in [0.5, 0.6) is 0 Å². The lowest BCUT2D eigenvalue weighted by Crippen LogP contribution is -2.51. The SMILES string of the molecule is CCNC(=O)[C@H](C)N(Cc1ccccc1Cl)C(=O)CN(c1ccc(Cl)c(Cl)c1)S(C)(=O)=O. The zero-order valence-corrected chi connectivity index (χ0v) is 20.9. The lowest BCUT2D eigenvalue weighted by atomic mass is 10.1. The van der Waals surface area contributed by atoms with Gasteiger partial charge < -0.3 is 10.2 Å². The van der Waals surface area contributed by atoms with Crippen molar-refractivity contribution in [2.24, 2.45) is 0 Å². The molecule has 0 bridgehead atoms. The molecule has 2 aromatic carbocycles. The molecule has 0 unspecified atom stereocenters. The lowest BCUT2D eigenvalue weighted by Gasteiger charge is -2.31. The highest BCUT2D eigenvalue weighted by molar-refractivity contribution is 7.92. The van der Waals surface area contributed by atoms with Gasteiger partial charge in [-0.15, -0.1) is 0 Å². The van der Waals surface area contributed by atoms with Crippen molar-refractivity contribution in [3.05, 3.63) is 63.1 Å². The minimum Gasteiger partial charge on any atom is -0.355 e. The Labute approximate surface area is 203 Å². The van der Waals surface area contributed by atoms with Crippen LogP contribution < -0.4 is 9.62 Å². The number of nitrogens with zero attached hydrogens (tertiary/aromatic N) is 2. The van der Waals surface area contributed by atoms with Crippen molar-refractivity contribution in [3.63, 3.8) is 0 Å². The molecule has 0 aliphatic carbocycles. The first-order valence-corrected chi connectivity index (χ1v) is 12.7. The van der Waals surface area contributed by atoms with E-state index in [1.54, 1.807) is 38.1 Å². The number of sulfonamides is 1. The van der Waals surface area contributed by atoms with Crippen LogP contribution in [0, 0.1) is 0 Å². The fourth-order valence-corrected chi connectivity index (χ4v) is 4.30. The number of benzene rings is 2. The van der Waals surface area contributed by atoms with Crippen LogP contribution in [-0.2, 0) is 26.2 Å². The smallest absolute Gasteiger partial charge is 0.244 e. The predicted octanol–water partition coefficient (Wildman–Crippen LogP) is 3.97. The minimum atomic E-state index is -3.86. The van der Waals surface area contributed by atoms with Gasteiger partial charge in [0.2, 0.25) is 21.8 Å². The molecule has 1 N–H and O–H groups in total. The minimum absolute atomic E-state index is 0.0236. The first kappa shape index (κ1) is 26.3. The highest BCUT2D eigenvalue weighted by Gasteiger charge is 2.30. The number of hydrogen-bond donors (Lipinski definition) is 1. The zero-order valence-electron chi connectivity index (χ0n) is 17.8. The summed E-state index contributed by atoms with van der Waals surface area (Å²) in [5.41, 5.74) is 0.803. The summed E-state index contributed by atoms with van der Waals surface area (Å²) in [4.78, 5) is 27.1.